The lowest BCUT2D eigenvalue weighted by molar-refractivity contribution is 0.0997. The molecule has 0 atom stereocenters. The van der Waals surface area contributed by atoms with Crippen LogP contribution >= 0.6 is 11.3 Å². The largest absolute Gasteiger partial charge is 0.304 e. The molecule has 0 N–H and O–H groups in total. The van der Waals surface area contributed by atoms with E-state index in [1.807, 2.05) is 54.8 Å². The maximum absolute atomic E-state index is 12.5. The zero-order valence-corrected chi connectivity index (χ0v) is 13.9. The van der Waals surface area contributed by atoms with E-state index in [0.717, 1.165) is 21.3 Å². The van der Waals surface area contributed by atoms with Crippen molar-refractivity contribution in [3.63, 3.8) is 0 Å². The highest BCUT2D eigenvalue weighted by molar-refractivity contribution is 7.16. The molecule has 1 aromatic heterocycles. The molecule has 0 fully saturated rings. The van der Waals surface area contributed by atoms with Gasteiger partial charge in [0, 0.05) is 5.56 Å². The quantitative estimate of drug-likeness (QED) is 0.663. The first kappa shape index (κ1) is 15.3. The maximum atomic E-state index is 12.5. The lowest BCUT2D eigenvalue weighted by atomic mass is 10.1. The molecule has 3 rings (SSSR count). The van der Waals surface area contributed by atoms with Gasteiger partial charge < -0.3 is 4.57 Å². The third-order valence-corrected chi connectivity index (χ3v) is 4.77. The number of carbonyl (C=O) groups excluding carboxylic acids is 1. The van der Waals surface area contributed by atoms with Gasteiger partial charge in [0.15, 0.2) is 4.80 Å². The van der Waals surface area contributed by atoms with E-state index in [1.165, 1.54) is 11.3 Å². The summed E-state index contributed by atoms with van der Waals surface area (Å²) in [6.07, 6.45) is 5.50. The third-order valence-electron chi connectivity index (χ3n) is 3.72. The molecular weight excluding hydrogens is 304 g/mol. The number of aromatic nitrogens is 1. The predicted molar refractivity (Wildman–Crippen MR) is 94.5 cm³/mol. The average Bonchev–Trinajstić information content (AvgIpc) is 2.87. The number of fused-ring (bicyclic) bond motifs is 1. The van der Waals surface area contributed by atoms with Gasteiger partial charge in [-0.2, -0.15) is 4.99 Å². The number of terminal acetylenes is 1. The number of hydrogen-bond acceptors (Lipinski definition) is 2. The molecule has 0 spiro atoms. The Morgan fingerprint density at radius 1 is 1.17 bits per heavy atom. The zero-order valence-electron chi connectivity index (χ0n) is 13.0. The number of aryl methyl sites for hydroxylation is 2. The Morgan fingerprint density at radius 3 is 2.65 bits per heavy atom. The van der Waals surface area contributed by atoms with Crippen LogP contribution in [0.15, 0.2) is 47.5 Å². The highest BCUT2D eigenvalue weighted by Gasteiger charge is 2.11. The van der Waals surface area contributed by atoms with Crippen LogP contribution in [0.2, 0.25) is 0 Å². The Hall–Kier alpha value is -2.64. The summed E-state index contributed by atoms with van der Waals surface area (Å²) in [6, 6.07) is 13.5. The van der Waals surface area contributed by atoms with Crippen molar-refractivity contribution < 1.29 is 4.79 Å². The van der Waals surface area contributed by atoms with Gasteiger partial charge in [-0.15, -0.1) is 6.42 Å². The molecule has 0 unspecified atom stereocenters. The van der Waals surface area contributed by atoms with Crippen molar-refractivity contribution in [2.75, 3.05) is 0 Å². The Bertz CT molecular complexity index is 1000. The van der Waals surface area contributed by atoms with Crippen LogP contribution in [0.5, 0.6) is 0 Å². The number of para-hydroxylation sites is 1. The molecule has 0 aliphatic heterocycles. The summed E-state index contributed by atoms with van der Waals surface area (Å²) in [7, 11) is 0. The van der Waals surface area contributed by atoms with Crippen molar-refractivity contribution in [3.8, 4) is 12.3 Å². The number of amides is 1. The molecule has 3 nitrogen and oxygen atoms in total. The van der Waals surface area contributed by atoms with Gasteiger partial charge in [-0.3, -0.25) is 4.79 Å². The van der Waals surface area contributed by atoms with E-state index in [1.54, 1.807) is 6.07 Å². The van der Waals surface area contributed by atoms with Gasteiger partial charge in [-0.1, -0.05) is 47.6 Å². The van der Waals surface area contributed by atoms with E-state index in [-0.39, 0.29) is 5.91 Å². The van der Waals surface area contributed by atoms with Gasteiger partial charge in [-0.05, 0) is 37.1 Å². The topological polar surface area (TPSA) is 34.4 Å². The van der Waals surface area contributed by atoms with Gasteiger partial charge in [0.1, 0.15) is 0 Å². The molecule has 1 heterocycles. The third kappa shape index (κ3) is 2.84. The van der Waals surface area contributed by atoms with Gasteiger partial charge in [0.05, 0.1) is 16.8 Å². The summed E-state index contributed by atoms with van der Waals surface area (Å²) in [5.74, 6) is 2.41. The molecule has 0 aliphatic rings. The molecule has 0 radical (unpaired) electrons. The van der Waals surface area contributed by atoms with E-state index in [2.05, 4.69) is 10.9 Å². The molecule has 0 bridgehead atoms. The van der Waals surface area contributed by atoms with Crippen LogP contribution in [-0.2, 0) is 6.54 Å². The van der Waals surface area contributed by atoms with Crippen molar-refractivity contribution in [2.45, 2.75) is 20.4 Å². The lowest BCUT2D eigenvalue weighted by Crippen LogP contribution is -2.17. The molecule has 23 heavy (non-hydrogen) atoms. The standard InChI is InChI=1S/C19H16N2OS/c1-4-12-21-17-14(3)9-7-11-16(17)23-19(21)20-18(22)15-10-6-5-8-13(15)2/h1,5-11H,12H2,2-3H3. The van der Waals surface area contributed by atoms with Crippen molar-refractivity contribution in [1.29, 1.82) is 0 Å². The van der Waals surface area contributed by atoms with Crippen LogP contribution in [0.1, 0.15) is 21.5 Å². The summed E-state index contributed by atoms with van der Waals surface area (Å²) >= 11 is 1.49. The highest BCUT2D eigenvalue weighted by atomic mass is 32.1. The highest BCUT2D eigenvalue weighted by Crippen LogP contribution is 2.21. The fraction of sp³-hybridized carbons (Fsp3) is 0.158. The Morgan fingerprint density at radius 2 is 1.91 bits per heavy atom. The van der Waals surface area contributed by atoms with E-state index < -0.39 is 0 Å². The summed E-state index contributed by atoms with van der Waals surface area (Å²) < 4.78 is 3.02. The summed E-state index contributed by atoms with van der Waals surface area (Å²) in [6.45, 7) is 4.34. The number of nitrogens with zero attached hydrogens (tertiary/aromatic N) is 2. The van der Waals surface area contributed by atoms with E-state index in [9.17, 15) is 4.79 Å². The minimum Gasteiger partial charge on any atom is -0.304 e. The molecular formula is C19H16N2OS. The first-order chi connectivity index (χ1) is 11.1. The normalized spacial score (nSPS) is 11.6. The number of rotatable bonds is 2. The van der Waals surface area contributed by atoms with Crippen molar-refractivity contribution in [1.82, 2.24) is 4.57 Å². The first-order valence-corrected chi connectivity index (χ1v) is 8.10. The van der Waals surface area contributed by atoms with Gasteiger partial charge in [0.25, 0.3) is 5.91 Å². The van der Waals surface area contributed by atoms with E-state index >= 15 is 0 Å². The smallest absolute Gasteiger partial charge is 0.279 e. The van der Waals surface area contributed by atoms with Crippen LogP contribution < -0.4 is 4.80 Å². The average molecular weight is 320 g/mol. The molecule has 3 aromatic rings. The molecule has 2 aromatic carbocycles. The minimum atomic E-state index is -0.238. The molecule has 0 saturated carbocycles. The summed E-state index contributed by atoms with van der Waals surface area (Å²) in [4.78, 5) is 17.5. The second kappa shape index (κ2) is 6.23. The monoisotopic (exact) mass is 320 g/mol. The molecule has 0 aliphatic carbocycles. The molecule has 114 valence electrons. The SMILES string of the molecule is C#CCn1c(=NC(=O)c2ccccc2C)sc2cccc(C)c21. The Labute approximate surface area is 138 Å². The fourth-order valence-electron chi connectivity index (χ4n) is 2.59. The zero-order chi connectivity index (χ0) is 16.4. The van der Waals surface area contributed by atoms with Gasteiger partial charge >= 0.3 is 0 Å². The van der Waals surface area contributed by atoms with Crippen LogP contribution in [0.3, 0.4) is 0 Å². The Balaban J connectivity index is 2.22. The predicted octanol–water partition coefficient (Wildman–Crippen LogP) is 3.69. The molecule has 4 heteroatoms. The van der Waals surface area contributed by atoms with Crippen LogP contribution in [0, 0.1) is 26.2 Å². The summed E-state index contributed by atoms with van der Waals surface area (Å²) in [5.41, 5.74) is 3.71. The first-order valence-electron chi connectivity index (χ1n) is 7.29. The van der Waals surface area contributed by atoms with E-state index in [0.29, 0.717) is 16.9 Å². The van der Waals surface area contributed by atoms with Gasteiger partial charge in [0.2, 0.25) is 0 Å². The number of carbonyl (C=O) groups is 1. The van der Waals surface area contributed by atoms with Crippen LogP contribution in [-0.4, -0.2) is 10.5 Å². The van der Waals surface area contributed by atoms with E-state index in [4.69, 9.17) is 6.42 Å². The summed E-state index contributed by atoms with van der Waals surface area (Å²) in [5, 5.41) is 0. The fourth-order valence-corrected chi connectivity index (χ4v) is 3.70. The van der Waals surface area contributed by atoms with Crippen molar-refractivity contribution in [3.05, 3.63) is 64.0 Å². The minimum absolute atomic E-state index is 0.238. The molecule has 0 saturated heterocycles. The van der Waals surface area contributed by atoms with Crippen LogP contribution in [0.25, 0.3) is 10.2 Å². The van der Waals surface area contributed by atoms with Crippen molar-refractivity contribution in [2.24, 2.45) is 4.99 Å². The van der Waals surface area contributed by atoms with Crippen LogP contribution in [0.4, 0.5) is 0 Å². The van der Waals surface area contributed by atoms with Crippen molar-refractivity contribution >= 4 is 27.5 Å². The number of hydrogen-bond donors (Lipinski definition) is 0. The number of benzene rings is 2. The van der Waals surface area contributed by atoms with Gasteiger partial charge in [-0.25, -0.2) is 0 Å². The Kier molecular flexibility index (Phi) is 4.14. The lowest BCUT2D eigenvalue weighted by Gasteiger charge is -2.03. The maximum Gasteiger partial charge on any atom is 0.279 e. The molecule has 1 amide bonds. The number of thiazole rings is 1. The second-order valence-corrected chi connectivity index (χ2v) is 6.34. The second-order valence-electron chi connectivity index (χ2n) is 5.33.